The summed E-state index contributed by atoms with van der Waals surface area (Å²) in [6, 6.07) is 5.92. The number of likely N-dealkylation sites (N-methyl/N-ethyl adjacent to an activating group) is 1. The Morgan fingerprint density at radius 1 is 1.28 bits per heavy atom. The smallest absolute Gasteiger partial charge is 0.266 e. The minimum Gasteiger partial charge on any atom is -0.362 e. The molecule has 1 saturated heterocycles. The SMILES string of the molecule is CCCCNS(=O)(=O)c1ccccc1C(=O)NN.CN1CS(=O)C2=CC(=S(=O)=O)CC=C21. The zero-order valence-corrected chi connectivity index (χ0v) is 20.1. The van der Waals surface area contributed by atoms with Crippen molar-refractivity contribution in [1.29, 1.82) is 0 Å². The Bertz CT molecular complexity index is 1200. The average Bonchev–Trinajstić information content (AvgIpc) is 3.06. The lowest BCUT2D eigenvalue weighted by molar-refractivity contribution is 0.0950. The summed E-state index contributed by atoms with van der Waals surface area (Å²) in [4.78, 5) is 14.2. The summed E-state index contributed by atoms with van der Waals surface area (Å²) in [5.41, 5.74) is 2.86. The third-order valence-corrected chi connectivity index (χ3v) is 8.27. The Kier molecular flexibility index (Phi) is 9.33. The molecule has 1 aliphatic carbocycles. The molecule has 1 unspecified atom stereocenters. The number of amides is 1. The number of nitrogen functional groups attached to an aromatic ring is 1. The molecule has 3 rings (SSSR count). The van der Waals surface area contributed by atoms with Gasteiger partial charge in [0.25, 0.3) is 5.91 Å². The standard InChI is InChI=1S/C11H17N3O3S.C8H9NO3S2/c1-2-3-8-13-18(16,17)10-7-5-4-6-9(10)11(15)14-12;1-9-5-13(10)8-4-6(14(11)12)2-3-7(8)9/h4-7,13H,2-3,8,12H2,1H3,(H,14,15);3-4H,2,5H2,1H3. The summed E-state index contributed by atoms with van der Waals surface area (Å²) >= 11 is 0. The van der Waals surface area contributed by atoms with Crippen LogP contribution in [0.15, 0.2) is 51.9 Å². The van der Waals surface area contributed by atoms with Crippen LogP contribution < -0.4 is 16.0 Å². The molecule has 13 heteroatoms. The van der Waals surface area contributed by atoms with Crippen LogP contribution in [-0.4, -0.2) is 56.2 Å². The van der Waals surface area contributed by atoms with Crippen molar-refractivity contribution in [3.63, 3.8) is 0 Å². The Hall–Kier alpha value is -2.32. The molecule has 1 aromatic rings. The summed E-state index contributed by atoms with van der Waals surface area (Å²) in [5, 5.41) is 0. The Morgan fingerprint density at radius 2 is 1.97 bits per heavy atom. The first-order valence-electron chi connectivity index (χ1n) is 9.68. The van der Waals surface area contributed by atoms with Crippen molar-refractivity contribution >= 4 is 41.9 Å². The minimum absolute atomic E-state index is 0.0315. The van der Waals surface area contributed by atoms with E-state index >= 15 is 0 Å². The molecule has 1 heterocycles. The lowest BCUT2D eigenvalue weighted by Gasteiger charge is -2.13. The molecule has 4 N–H and O–H groups in total. The molecule has 0 spiro atoms. The maximum atomic E-state index is 12.0. The van der Waals surface area contributed by atoms with Gasteiger partial charge in [-0.25, -0.2) is 19.0 Å². The van der Waals surface area contributed by atoms with Gasteiger partial charge in [0.15, 0.2) is 0 Å². The van der Waals surface area contributed by atoms with Crippen molar-refractivity contribution in [2.24, 2.45) is 5.84 Å². The molecule has 1 atom stereocenters. The van der Waals surface area contributed by atoms with Gasteiger partial charge in [-0.3, -0.25) is 14.4 Å². The van der Waals surface area contributed by atoms with Crippen LogP contribution in [0.5, 0.6) is 0 Å². The second kappa shape index (κ2) is 11.5. The predicted octanol–water partition coefficient (Wildman–Crippen LogP) is 0.230. The average molecular weight is 503 g/mol. The number of rotatable bonds is 6. The van der Waals surface area contributed by atoms with Gasteiger partial charge >= 0.3 is 0 Å². The van der Waals surface area contributed by atoms with Gasteiger partial charge in [0.05, 0.1) is 36.9 Å². The number of sulfonamides is 1. The molecule has 2 aliphatic rings. The molecule has 0 aromatic heterocycles. The van der Waals surface area contributed by atoms with Crippen LogP contribution in [0.3, 0.4) is 0 Å². The lowest BCUT2D eigenvalue weighted by atomic mass is 10.1. The number of fused-ring (bicyclic) bond motifs is 1. The highest BCUT2D eigenvalue weighted by Crippen LogP contribution is 2.29. The maximum absolute atomic E-state index is 12.0. The number of unbranched alkanes of at least 4 members (excludes halogenated alkanes) is 1. The fraction of sp³-hybridized carbons (Fsp3) is 0.368. The number of hydrogen-bond acceptors (Lipinski definition) is 8. The zero-order valence-electron chi connectivity index (χ0n) is 17.7. The van der Waals surface area contributed by atoms with Gasteiger partial charge < -0.3 is 4.90 Å². The largest absolute Gasteiger partial charge is 0.362 e. The normalized spacial score (nSPS) is 17.5. The number of hydrazine groups is 1. The van der Waals surface area contributed by atoms with Crippen LogP contribution in [0.2, 0.25) is 0 Å². The maximum Gasteiger partial charge on any atom is 0.266 e. The molecule has 0 saturated carbocycles. The van der Waals surface area contributed by atoms with Gasteiger partial charge in [0.2, 0.25) is 20.3 Å². The van der Waals surface area contributed by atoms with Crippen molar-refractivity contribution in [1.82, 2.24) is 15.0 Å². The topological polar surface area (TPSA) is 156 Å². The minimum atomic E-state index is -3.68. The number of allylic oxidation sites excluding steroid dienone is 2. The summed E-state index contributed by atoms with van der Waals surface area (Å²) in [5.74, 6) is 4.85. The summed E-state index contributed by atoms with van der Waals surface area (Å²) in [6.45, 7) is 2.31. The van der Waals surface area contributed by atoms with Gasteiger partial charge in [-0.2, -0.15) is 8.42 Å². The predicted molar refractivity (Wildman–Crippen MR) is 124 cm³/mol. The van der Waals surface area contributed by atoms with E-state index in [0.29, 0.717) is 28.6 Å². The third kappa shape index (κ3) is 6.36. The number of nitrogens with zero attached hydrogens (tertiary/aromatic N) is 1. The van der Waals surface area contributed by atoms with E-state index in [9.17, 15) is 25.8 Å². The molecule has 10 nitrogen and oxygen atoms in total. The van der Waals surface area contributed by atoms with E-state index in [-0.39, 0.29) is 10.5 Å². The number of carbonyl (C=O) groups excluding carboxylic acids is 1. The monoisotopic (exact) mass is 502 g/mol. The summed E-state index contributed by atoms with van der Waals surface area (Å²) in [6.07, 6.45) is 5.36. The molecule has 1 aliphatic heterocycles. The first-order valence-corrected chi connectivity index (χ1v) is 13.6. The highest BCUT2D eigenvalue weighted by atomic mass is 32.2. The summed E-state index contributed by atoms with van der Waals surface area (Å²) in [7, 11) is -5.11. The van der Waals surface area contributed by atoms with Gasteiger partial charge in [0.1, 0.15) is 0 Å². The molecular weight excluding hydrogens is 476 g/mol. The van der Waals surface area contributed by atoms with Gasteiger partial charge in [-0.1, -0.05) is 31.6 Å². The zero-order chi connectivity index (χ0) is 23.9. The van der Waals surface area contributed by atoms with Gasteiger partial charge in [-0.15, -0.1) is 0 Å². The summed E-state index contributed by atoms with van der Waals surface area (Å²) < 4.78 is 59.4. The van der Waals surface area contributed by atoms with Crippen LogP contribution in [0.1, 0.15) is 36.5 Å². The van der Waals surface area contributed by atoms with E-state index in [1.54, 1.807) is 12.1 Å². The van der Waals surface area contributed by atoms with Crippen LogP contribution in [0.4, 0.5) is 0 Å². The Morgan fingerprint density at radius 3 is 2.59 bits per heavy atom. The fourth-order valence-electron chi connectivity index (χ4n) is 2.96. The number of carbonyl (C=O) groups is 1. The van der Waals surface area contributed by atoms with E-state index in [1.165, 1.54) is 18.2 Å². The van der Waals surface area contributed by atoms with Crippen LogP contribution in [-0.2, 0) is 31.1 Å². The quantitative estimate of drug-likeness (QED) is 0.164. The second-order valence-corrected chi connectivity index (χ2v) is 11.0. The molecule has 176 valence electrons. The van der Waals surface area contributed by atoms with E-state index < -0.39 is 37.0 Å². The van der Waals surface area contributed by atoms with Crippen molar-refractivity contribution < 1.29 is 25.8 Å². The van der Waals surface area contributed by atoms with Crippen LogP contribution >= 0.6 is 0 Å². The highest BCUT2D eigenvalue weighted by Gasteiger charge is 2.28. The van der Waals surface area contributed by atoms with Crippen molar-refractivity contribution in [3.8, 4) is 0 Å². The molecule has 32 heavy (non-hydrogen) atoms. The van der Waals surface area contributed by atoms with Gasteiger partial charge in [-0.05, 0) is 24.6 Å². The Labute approximate surface area is 191 Å². The number of nitrogens with one attached hydrogen (secondary N) is 2. The number of nitrogens with two attached hydrogens (primary N) is 1. The number of hydrogen-bond donors (Lipinski definition) is 3. The van der Waals surface area contributed by atoms with Crippen molar-refractivity contribution in [2.45, 2.75) is 31.1 Å². The molecule has 1 aromatic carbocycles. The molecular formula is C19H26N4O6S3. The van der Waals surface area contributed by atoms with E-state index in [4.69, 9.17) is 5.84 Å². The third-order valence-electron chi connectivity index (χ3n) is 4.60. The number of benzene rings is 1. The molecule has 1 fully saturated rings. The van der Waals surface area contributed by atoms with Crippen molar-refractivity contribution in [2.75, 3.05) is 19.5 Å². The lowest BCUT2D eigenvalue weighted by Crippen LogP contribution is -2.33. The molecule has 1 amide bonds. The van der Waals surface area contributed by atoms with Crippen LogP contribution in [0.25, 0.3) is 0 Å². The molecule has 0 radical (unpaired) electrons. The first kappa shape index (κ1) is 25.9. The van der Waals surface area contributed by atoms with E-state index in [2.05, 4.69) is 4.72 Å². The second-order valence-electron chi connectivity index (χ2n) is 6.90. The Balaban J connectivity index is 0.000000233. The van der Waals surface area contributed by atoms with Crippen molar-refractivity contribution in [3.05, 3.63) is 52.6 Å². The van der Waals surface area contributed by atoms with E-state index in [1.807, 2.05) is 30.4 Å². The highest BCUT2D eigenvalue weighted by molar-refractivity contribution is 7.90. The van der Waals surface area contributed by atoms with Crippen LogP contribution in [0, 0.1) is 0 Å². The first-order chi connectivity index (χ1) is 15.1. The van der Waals surface area contributed by atoms with E-state index in [0.717, 1.165) is 18.5 Å². The fourth-order valence-corrected chi connectivity index (χ4v) is 6.12. The molecule has 0 bridgehead atoms. The van der Waals surface area contributed by atoms with Gasteiger partial charge in [0, 0.05) is 25.7 Å².